The monoisotopic (exact) mass is 1370 g/mol. The number of carboxylic acids is 2. The van der Waals surface area contributed by atoms with Gasteiger partial charge in [0, 0.05) is 63.3 Å². The van der Waals surface area contributed by atoms with Gasteiger partial charge in [0.25, 0.3) is 5.91 Å². The number of aliphatic carboxylic acids is 2. The molecule has 0 radical (unpaired) electrons. The van der Waals surface area contributed by atoms with Crippen molar-refractivity contribution in [1.82, 2.24) is 57.2 Å². The summed E-state index contributed by atoms with van der Waals surface area (Å²) < 4.78 is 12.3. The van der Waals surface area contributed by atoms with Crippen molar-refractivity contribution in [1.29, 1.82) is 0 Å². The average Bonchev–Trinajstić information content (AvgIpc) is 1.42. The smallest absolute Gasteiger partial charge is 0.326 e. The summed E-state index contributed by atoms with van der Waals surface area (Å²) in [6.07, 6.45) is 2.19. The van der Waals surface area contributed by atoms with Crippen LogP contribution in [0, 0.1) is 5.41 Å². The van der Waals surface area contributed by atoms with E-state index < -0.39 is 143 Å². The molecule has 532 valence electrons. The molecular formula is C74H91N11O15. The van der Waals surface area contributed by atoms with Gasteiger partial charge in [0.1, 0.15) is 60.7 Å². The van der Waals surface area contributed by atoms with Crippen molar-refractivity contribution in [3.63, 3.8) is 0 Å². The lowest BCUT2D eigenvalue weighted by atomic mass is 9.85. The number of ether oxygens (including phenoxy) is 2. The zero-order valence-electron chi connectivity index (χ0n) is 57.6. The van der Waals surface area contributed by atoms with Gasteiger partial charge in [-0.05, 0) is 115 Å². The summed E-state index contributed by atoms with van der Waals surface area (Å²) in [5, 5.41) is 45.6. The maximum absolute atomic E-state index is 15.3. The van der Waals surface area contributed by atoms with Crippen molar-refractivity contribution in [3.8, 4) is 5.75 Å². The van der Waals surface area contributed by atoms with E-state index in [1.54, 1.807) is 110 Å². The van der Waals surface area contributed by atoms with Gasteiger partial charge >= 0.3 is 11.9 Å². The Balaban J connectivity index is 1.04. The normalized spacial score (nSPS) is 23.6. The standard InChI is InChI=1S/C74H91N11O15/c1-9-55(78-63(86)42(2)75-7)69(92)85-41-54-38-61(85)70(93)83-39-51-19-13-12-18-50(51)36-59(83)67(90)81-58(73(97)98)33-44-20-26-48(27-21-44)65(88)77-52-37-60(84(40-52)71(94)62(74(4,5)6)82-64(87)43(3)76-8)68(91)79-56(35-46-22-25-47-16-10-11-17-49(47)32-46)66(89)80-57(72(95)96)34-45-23-28-53(29-24-45)99-30-14-15-31-100-54/h10-29,32,42-43,52,54-62,75-76H,9,30-31,33-41H2,1-8H3,(H,77,88)(H,78,86)(H,79,91)(H,80,89)(H,81,90)(H,82,87)(H,95,96)(H,97,98)/b15-14+/t42-,43-,52-,54-,55-,56-,57-,58-,59?,60-,61?,62+/m0/s1. The Hall–Kier alpha value is -10.0. The van der Waals surface area contributed by atoms with Crippen LogP contribution in [0.5, 0.6) is 5.75 Å². The molecule has 0 aliphatic carbocycles. The molecule has 0 aromatic heterocycles. The van der Waals surface area contributed by atoms with Crippen LogP contribution in [-0.4, -0.2) is 203 Å². The van der Waals surface area contributed by atoms with Crippen LogP contribution in [0.3, 0.4) is 0 Å². The third-order valence-electron chi connectivity index (χ3n) is 19.0. The minimum Gasteiger partial charge on any atom is -0.490 e. The molecule has 26 heteroatoms. The number of nitrogens with one attached hydrogen (secondary N) is 8. The lowest BCUT2D eigenvalue weighted by Crippen LogP contribution is -2.61. The lowest BCUT2D eigenvalue weighted by molar-refractivity contribution is -0.151. The van der Waals surface area contributed by atoms with E-state index in [4.69, 9.17) is 9.47 Å². The number of rotatable bonds is 13. The fourth-order valence-corrected chi connectivity index (χ4v) is 12.9. The summed E-state index contributed by atoms with van der Waals surface area (Å²) in [6, 6.07) is 20.1. The Bertz CT molecular complexity index is 3880. The van der Waals surface area contributed by atoms with Crippen molar-refractivity contribution >= 4 is 75.9 Å². The zero-order valence-corrected chi connectivity index (χ0v) is 57.6. The molecule has 2 saturated heterocycles. The highest BCUT2D eigenvalue weighted by molar-refractivity contribution is 5.99. The molecule has 7 aliphatic heterocycles. The molecule has 12 rings (SSSR count). The van der Waals surface area contributed by atoms with Crippen LogP contribution in [0.2, 0.25) is 0 Å². The Morgan fingerprint density at radius 2 is 1.19 bits per heavy atom. The number of amides is 9. The van der Waals surface area contributed by atoms with E-state index in [9.17, 15) is 48.6 Å². The highest BCUT2D eigenvalue weighted by Crippen LogP contribution is 2.32. The number of hydrogen-bond acceptors (Lipinski definition) is 15. The first kappa shape index (κ1) is 74.2. The molecule has 7 heterocycles. The topological polar surface area (TPSA) is 353 Å². The number of carbonyl (C=O) groups is 11. The Morgan fingerprint density at radius 1 is 0.610 bits per heavy atom. The van der Waals surface area contributed by atoms with Crippen molar-refractivity contribution in [2.75, 3.05) is 40.4 Å². The van der Waals surface area contributed by atoms with Gasteiger partial charge in [0.05, 0.1) is 24.8 Å². The third-order valence-corrected chi connectivity index (χ3v) is 19.0. The van der Waals surface area contributed by atoms with Crippen LogP contribution < -0.4 is 47.3 Å². The van der Waals surface area contributed by atoms with Crippen molar-refractivity contribution < 1.29 is 72.4 Å². The Morgan fingerprint density at radius 3 is 1.82 bits per heavy atom. The molecule has 5 aromatic carbocycles. The largest absolute Gasteiger partial charge is 0.490 e. The average molecular weight is 1370 g/mol. The van der Waals surface area contributed by atoms with E-state index in [1.807, 2.05) is 48.5 Å². The summed E-state index contributed by atoms with van der Waals surface area (Å²) in [7, 11) is 3.20. The van der Waals surface area contributed by atoms with E-state index in [0.29, 0.717) is 22.4 Å². The predicted molar refractivity (Wildman–Crippen MR) is 370 cm³/mol. The zero-order chi connectivity index (χ0) is 72.1. The summed E-state index contributed by atoms with van der Waals surface area (Å²) in [6.45, 7) is 10.0. The maximum Gasteiger partial charge on any atom is 0.326 e. The minimum absolute atomic E-state index is 0.00794. The van der Waals surface area contributed by atoms with Gasteiger partial charge in [-0.3, -0.25) is 43.2 Å². The molecule has 0 spiro atoms. The van der Waals surface area contributed by atoms with Gasteiger partial charge in [0.15, 0.2) is 0 Å². The second kappa shape index (κ2) is 33.2. The van der Waals surface area contributed by atoms with Gasteiger partial charge in [-0.15, -0.1) is 0 Å². The lowest BCUT2D eigenvalue weighted by Gasteiger charge is -2.39. The van der Waals surface area contributed by atoms with E-state index in [-0.39, 0.29) is 83.4 Å². The summed E-state index contributed by atoms with van der Waals surface area (Å²) in [4.78, 5) is 161. The summed E-state index contributed by atoms with van der Waals surface area (Å²) in [5.74, 6) is -8.06. The molecule has 9 amide bonds. The molecular weight excluding hydrogens is 1280 g/mol. The number of likely N-dealkylation sites (N-methyl/N-ethyl adjacent to an activating group) is 2. The van der Waals surface area contributed by atoms with E-state index >= 15 is 14.4 Å². The highest BCUT2D eigenvalue weighted by Gasteiger charge is 2.49. The number of hydrogen-bond donors (Lipinski definition) is 10. The fraction of sp³-hybridized carbons (Fsp3) is 0.446. The Kier molecular flexibility index (Phi) is 24.6. The first-order chi connectivity index (χ1) is 47.7. The summed E-state index contributed by atoms with van der Waals surface area (Å²) >= 11 is 0. The first-order valence-corrected chi connectivity index (χ1v) is 33.9. The molecule has 2 unspecified atom stereocenters. The molecule has 12 atom stereocenters. The molecule has 5 aromatic rings. The van der Waals surface area contributed by atoms with Crippen molar-refractivity contribution in [2.45, 2.75) is 166 Å². The predicted octanol–water partition coefficient (Wildman–Crippen LogP) is 2.72. The van der Waals surface area contributed by atoms with Crippen LogP contribution in [-0.2, 0) is 84.9 Å². The van der Waals surface area contributed by atoms with Crippen molar-refractivity contribution in [2.24, 2.45) is 5.41 Å². The van der Waals surface area contributed by atoms with Gasteiger partial charge in [0.2, 0.25) is 47.3 Å². The number of carbonyl (C=O) groups excluding carboxylic acids is 9. The maximum atomic E-state index is 15.3. The van der Waals surface area contributed by atoms with Crippen LogP contribution in [0.1, 0.15) is 99.0 Å². The van der Waals surface area contributed by atoms with Crippen molar-refractivity contribution in [3.05, 3.63) is 161 Å². The van der Waals surface area contributed by atoms with E-state index in [2.05, 4.69) is 42.5 Å². The molecule has 26 nitrogen and oxygen atoms in total. The number of carboxylic acid groups (broad SMARTS) is 2. The number of fused-ring (bicyclic) bond motifs is 2. The minimum atomic E-state index is -1.54. The van der Waals surface area contributed by atoms with Gasteiger partial charge in [-0.1, -0.05) is 125 Å². The molecule has 2 fully saturated rings. The molecule has 10 N–H and O–H groups in total. The fourth-order valence-electron chi connectivity index (χ4n) is 12.9. The van der Waals surface area contributed by atoms with Gasteiger partial charge < -0.3 is 76.9 Å². The SMILES string of the molecule is CC[C@H](NC(=O)[C@H](C)NC)C(=O)N1C[C@@H]2CC1C(=O)N1Cc3ccccc3CC1C(=O)N[C@H](C(=O)O)Cc1ccc(cc1)C(=O)N[C@H]1C[C@@H](C(=O)N[C@@H](Cc3ccc4ccccc4c3)C(=O)N[C@H](C(=O)O)Cc3ccc(cc3)OC/C=C/CO2)N(C(=O)[C@@H](NC(=O)[C@H](C)NC)C(C)(C)C)C1. The molecule has 8 bridgehead atoms. The Labute approximate surface area is 581 Å². The van der Waals surface area contributed by atoms with Crippen LogP contribution >= 0.6 is 0 Å². The van der Waals surface area contributed by atoms with Gasteiger partial charge in [-0.25, -0.2) is 9.59 Å². The highest BCUT2D eigenvalue weighted by atomic mass is 16.5. The first-order valence-electron chi connectivity index (χ1n) is 33.9. The number of likely N-dealkylation sites (tertiary alicyclic amines) is 2. The second-order valence-electron chi connectivity index (χ2n) is 27.1. The molecule has 0 saturated carbocycles. The van der Waals surface area contributed by atoms with Crippen LogP contribution in [0.25, 0.3) is 10.8 Å². The molecule has 100 heavy (non-hydrogen) atoms. The van der Waals surface area contributed by atoms with Crippen LogP contribution in [0.15, 0.2) is 127 Å². The van der Waals surface area contributed by atoms with E-state index in [0.717, 1.165) is 21.9 Å². The molecule has 7 aliphatic rings. The van der Waals surface area contributed by atoms with Crippen LogP contribution in [0.4, 0.5) is 0 Å². The number of nitrogens with zero attached hydrogens (tertiary/aromatic N) is 3. The third kappa shape index (κ3) is 18.4. The number of benzene rings is 5. The van der Waals surface area contributed by atoms with Gasteiger partial charge in [-0.2, -0.15) is 0 Å². The summed E-state index contributed by atoms with van der Waals surface area (Å²) in [5.41, 5.74) is 2.22. The quantitative estimate of drug-likeness (QED) is 0.0758. The van der Waals surface area contributed by atoms with E-state index in [1.165, 1.54) is 39.0 Å². The second-order valence-corrected chi connectivity index (χ2v) is 27.1.